The van der Waals surface area contributed by atoms with Crippen LogP contribution in [0.4, 0.5) is 0 Å². The van der Waals surface area contributed by atoms with Crippen LogP contribution in [0.2, 0.25) is 0 Å². The Morgan fingerprint density at radius 1 is 1.22 bits per heavy atom. The van der Waals surface area contributed by atoms with Gasteiger partial charge < -0.3 is 9.64 Å². The number of allylic oxidation sites excluding steroid dienone is 1. The van der Waals surface area contributed by atoms with Crippen LogP contribution in [0, 0.1) is 0 Å². The number of hydrogen-bond acceptors (Lipinski definition) is 3. The first-order chi connectivity index (χ1) is 11.0. The van der Waals surface area contributed by atoms with Crippen LogP contribution in [-0.2, 0) is 9.53 Å². The predicted molar refractivity (Wildman–Crippen MR) is 94.2 cm³/mol. The highest BCUT2D eigenvalue weighted by atomic mass is 16.5. The molecule has 1 aromatic carbocycles. The number of methoxy groups -OCH3 is 1. The Labute approximate surface area is 139 Å². The minimum absolute atomic E-state index is 0.108. The molecule has 1 amide bonds. The van der Waals surface area contributed by atoms with E-state index in [1.54, 1.807) is 13.2 Å². The van der Waals surface area contributed by atoms with Crippen molar-refractivity contribution < 1.29 is 9.53 Å². The smallest absolute Gasteiger partial charge is 0.246 e. The lowest BCUT2D eigenvalue weighted by Gasteiger charge is -2.44. The van der Waals surface area contributed by atoms with Crippen molar-refractivity contribution in [3.8, 4) is 0 Å². The molecule has 1 heterocycles. The highest BCUT2D eigenvalue weighted by Crippen LogP contribution is 2.18. The molecule has 1 aromatic rings. The fraction of sp³-hybridized carbons (Fsp3) is 0.526. The second kappa shape index (κ2) is 8.27. The largest absolute Gasteiger partial charge is 0.383 e. The summed E-state index contributed by atoms with van der Waals surface area (Å²) in [5, 5.41) is 0. The number of carbonyl (C=O) groups is 1. The van der Waals surface area contributed by atoms with Gasteiger partial charge in [-0.25, -0.2) is 0 Å². The summed E-state index contributed by atoms with van der Waals surface area (Å²) in [6.07, 6.45) is 1.76. The monoisotopic (exact) mass is 316 g/mol. The van der Waals surface area contributed by atoms with Gasteiger partial charge in [0.15, 0.2) is 0 Å². The van der Waals surface area contributed by atoms with Gasteiger partial charge in [0.1, 0.15) is 0 Å². The lowest BCUT2D eigenvalue weighted by molar-refractivity contribution is -0.130. The minimum Gasteiger partial charge on any atom is -0.383 e. The van der Waals surface area contributed by atoms with Crippen molar-refractivity contribution in [1.29, 1.82) is 0 Å². The van der Waals surface area contributed by atoms with Crippen LogP contribution < -0.4 is 0 Å². The van der Waals surface area contributed by atoms with Crippen LogP contribution in [0.25, 0.3) is 5.57 Å². The summed E-state index contributed by atoms with van der Waals surface area (Å²) in [6.45, 7) is 9.54. The number of benzene rings is 1. The van der Waals surface area contributed by atoms with Gasteiger partial charge in [-0.15, -0.1) is 0 Å². The summed E-state index contributed by atoms with van der Waals surface area (Å²) in [4.78, 5) is 17.0. The number of hydrogen-bond donors (Lipinski definition) is 0. The van der Waals surface area contributed by atoms with Gasteiger partial charge in [-0.3, -0.25) is 9.69 Å². The highest BCUT2D eigenvalue weighted by Gasteiger charge is 2.30. The zero-order chi connectivity index (χ0) is 16.8. The number of nitrogens with zero attached hydrogens (tertiary/aromatic N) is 2. The summed E-state index contributed by atoms with van der Waals surface area (Å²) in [5.41, 5.74) is 2.11. The molecule has 1 aliphatic heterocycles. The third-order valence-electron chi connectivity index (χ3n) is 4.54. The van der Waals surface area contributed by atoms with Crippen LogP contribution in [0.3, 0.4) is 0 Å². The van der Waals surface area contributed by atoms with Crippen LogP contribution in [0.5, 0.6) is 0 Å². The maximum absolute atomic E-state index is 12.6. The molecule has 4 nitrogen and oxygen atoms in total. The van der Waals surface area contributed by atoms with Crippen molar-refractivity contribution in [3.63, 3.8) is 0 Å². The fourth-order valence-electron chi connectivity index (χ4n) is 3.23. The van der Waals surface area contributed by atoms with Gasteiger partial charge in [0, 0.05) is 44.9 Å². The fourth-order valence-corrected chi connectivity index (χ4v) is 3.23. The molecule has 0 N–H and O–H groups in total. The highest BCUT2D eigenvalue weighted by molar-refractivity contribution is 5.95. The number of carbonyl (C=O) groups excluding carboxylic acids is 1. The van der Waals surface area contributed by atoms with E-state index in [9.17, 15) is 4.79 Å². The number of amides is 1. The van der Waals surface area contributed by atoms with Crippen molar-refractivity contribution in [2.75, 3.05) is 33.4 Å². The van der Waals surface area contributed by atoms with E-state index in [1.165, 1.54) is 0 Å². The van der Waals surface area contributed by atoms with E-state index in [1.807, 2.05) is 42.2 Å². The molecule has 2 unspecified atom stereocenters. The molecule has 0 radical (unpaired) electrons. The van der Waals surface area contributed by atoms with Gasteiger partial charge >= 0.3 is 0 Å². The molecule has 1 saturated heterocycles. The Bertz CT molecular complexity index is 530. The molecule has 2 atom stereocenters. The lowest BCUT2D eigenvalue weighted by Crippen LogP contribution is -2.58. The SMILES string of the molecule is COCCN1C(C)CN(C(=O)/C=C(\C)c2ccccc2)CC1C. The molecule has 1 aliphatic rings. The Kier molecular flexibility index (Phi) is 6.37. The molecular formula is C19H28N2O2. The number of rotatable bonds is 5. The normalized spacial score (nSPS) is 23.1. The molecule has 2 rings (SSSR count). The lowest BCUT2D eigenvalue weighted by atomic mass is 10.1. The Morgan fingerprint density at radius 2 is 1.83 bits per heavy atom. The van der Waals surface area contributed by atoms with E-state index in [0.717, 1.165) is 37.4 Å². The zero-order valence-electron chi connectivity index (χ0n) is 14.7. The van der Waals surface area contributed by atoms with Crippen LogP contribution in [-0.4, -0.2) is 61.1 Å². The molecule has 4 heteroatoms. The van der Waals surface area contributed by atoms with Crippen LogP contribution >= 0.6 is 0 Å². The van der Waals surface area contributed by atoms with Crippen molar-refractivity contribution in [3.05, 3.63) is 42.0 Å². The molecule has 126 valence electrons. The molecule has 0 saturated carbocycles. The van der Waals surface area contributed by atoms with Crippen molar-refractivity contribution in [2.45, 2.75) is 32.9 Å². The summed E-state index contributed by atoms with van der Waals surface area (Å²) < 4.78 is 5.19. The molecule has 0 aliphatic carbocycles. The molecule has 0 bridgehead atoms. The predicted octanol–water partition coefficient (Wildman–Crippen LogP) is 2.66. The maximum atomic E-state index is 12.6. The summed E-state index contributed by atoms with van der Waals surface area (Å²) in [6, 6.07) is 10.7. The summed E-state index contributed by atoms with van der Waals surface area (Å²) >= 11 is 0. The quantitative estimate of drug-likeness (QED) is 0.783. The van der Waals surface area contributed by atoms with Gasteiger partial charge in [0.2, 0.25) is 5.91 Å². The first kappa shape index (κ1) is 17.7. The van der Waals surface area contributed by atoms with Gasteiger partial charge in [0.05, 0.1) is 6.61 Å². The van der Waals surface area contributed by atoms with E-state index in [4.69, 9.17) is 4.74 Å². The van der Waals surface area contributed by atoms with Gasteiger partial charge in [-0.05, 0) is 31.9 Å². The maximum Gasteiger partial charge on any atom is 0.246 e. The minimum atomic E-state index is 0.108. The third-order valence-corrected chi connectivity index (χ3v) is 4.54. The Balaban J connectivity index is 2.01. The average molecular weight is 316 g/mol. The Hall–Kier alpha value is -1.65. The first-order valence-electron chi connectivity index (χ1n) is 8.30. The Morgan fingerprint density at radius 3 is 2.39 bits per heavy atom. The van der Waals surface area contributed by atoms with E-state index < -0.39 is 0 Å². The molecule has 0 aromatic heterocycles. The molecule has 0 spiro atoms. The molecule has 1 fully saturated rings. The van der Waals surface area contributed by atoms with Gasteiger partial charge in [-0.1, -0.05) is 30.3 Å². The zero-order valence-corrected chi connectivity index (χ0v) is 14.7. The third kappa shape index (κ3) is 4.66. The number of piperazine rings is 1. The first-order valence-corrected chi connectivity index (χ1v) is 8.30. The van der Waals surface area contributed by atoms with Crippen molar-refractivity contribution in [1.82, 2.24) is 9.80 Å². The molecular weight excluding hydrogens is 288 g/mol. The van der Waals surface area contributed by atoms with Crippen LogP contribution in [0.1, 0.15) is 26.3 Å². The second-order valence-electron chi connectivity index (χ2n) is 6.37. The van der Waals surface area contributed by atoms with Gasteiger partial charge in [-0.2, -0.15) is 0 Å². The average Bonchev–Trinajstić information content (AvgIpc) is 2.54. The van der Waals surface area contributed by atoms with Crippen molar-refractivity contribution >= 4 is 11.5 Å². The van der Waals surface area contributed by atoms with Crippen LogP contribution in [0.15, 0.2) is 36.4 Å². The van der Waals surface area contributed by atoms with Crippen molar-refractivity contribution in [2.24, 2.45) is 0 Å². The van der Waals surface area contributed by atoms with E-state index in [0.29, 0.717) is 12.1 Å². The van der Waals surface area contributed by atoms with Gasteiger partial charge in [0.25, 0.3) is 0 Å². The van der Waals surface area contributed by atoms with E-state index in [2.05, 4.69) is 18.7 Å². The van der Waals surface area contributed by atoms with E-state index >= 15 is 0 Å². The number of ether oxygens (including phenoxy) is 1. The summed E-state index contributed by atoms with van der Waals surface area (Å²) in [7, 11) is 1.73. The molecule has 23 heavy (non-hydrogen) atoms. The summed E-state index contributed by atoms with van der Waals surface area (Å²) in [5.74, 6) is 0.108. The van der Waals surface area contributed by atoms with E-state index in [-0.39, 0.29) is 5.91 Å². The standard InChI is InChI=1S/C19H28N2O2/c1-15(18-8-6-5-7-9-18)12-19(22)20-13-16(2)21(10-11-23-4)17(3)14-20/h5-9,12,16-17H,10-11,13-14H2,1-4H3/b15-12+. The topological polar surface area (TPSA) is 32.8 Å². The second-order valence-corrected chi connectivity index (χ2v) is 6.37.